The van der Waals surface area contributed by atoms with Crippen LogP contribution < -0.4 is 10.6 Å². The molecule has 2 aliphatic heterocycles. The Hall–Kier alpha value is -2.45. The van der Waals surface area contributed by atoms with Crippen molar-refractivity contribution in [3.05, 3.63) is 47.0 Å². The quantitative estimate of drug-likeness (QED) is 0.585. The van der Waals surface area contributed by atoms with Gasteiger partial charge in [-0.1, -0.05) is 30.3 Å². The van der Waals surface area contributed by atoms with Crippen LogP contribution in [0.2, 0.25) is 0 Å². The van der Waals surface area contributed by atoms with Crippen LogP contribution in [-0.4, -0.2) is 65.4 Å². The van der Waals surface area contributed by atoms with Crippen LogP contribution >= 0.6 is 11.3 Å². The molecule has 0 atom stereocenters. The standard InChI is InChI=1S/C23H31N5O2S/c29-21-8-4-12-28(21)13-5-11-24-23-26-20(17-31-23)22(30)25-19-9-14-27(15-10-19)16-18-6-2-1-3-7-18/h1-3,6-7,17,19H,4-5,8-16H2,(H,24,26)(H,25,30). The monoisotopic (exact) mass is 441 g/mol. The zero-order chi connectivity index (χ0) is 21.5. The first-order chi connectivity index (χ1) is 15.2. The number of aromatic nitrogens is 1. The molecule has 0 spiro atoms. The number of hydrogen-bond donors (Lipinski definition) is 2. The highest BCUT2D eigenvalue weighted by Gasteiger charge is 2.22. The zero-order valence-corrected chi connectivity index (χ0v) is 18.7. The molecule has 2 aliphatic rings. The fraction of sp³-hybridized carbons (Fsp3) is 0.522. The van der Waals surface area contributed by atoms with Gasteiger partial charge in [-0.3, -0.25) is 14.5 Å². The number of rotatable bonds is 9. The number of carbonyl (C=O) groups is 2. The molecule has 2 saturated heterocycles. The largest absolute Gasteiger partial charge is 0.361 e. The summed E-state index contributed by atoms with van der Waals surface area (Å²) in [4.78, 5) is 33.0. The van der Waals surface area contributed by atoms with Crippen molar-refractivity contribution in [2.45, 2.75) is 44.7 Å². The maximum Gasteiger partial charge on any atom is 0.271 e. The van der Waals surface area contributed by atoms with Gasteiger partial charge in [0.2, 0.25) is 5.91 Å². The Balaban J connectivity index is 1.15. The molecule has 0 bridgehead atoms. The van der Waals surface area contributed by atoms with E-state index in [0.717, 1.165) is 70.1 Å². The van der Waals surface area contributed by atoms with Crippen molar-refractivity contribution < 1.29 is 9.59 Å². The summed E-state index contributed by atoms with van der Waals surface area (Å²) in [5.74, 6) is 0.174. The lowest BCUT2D eigenvalue weighted by molar-refractivity contribution is -0.127. The second kappa shape index (κ2) is 10.7. The van der Waals surface area contributed by atoms with Crippen LogP contribution in [0.3, 0.4) is 0 Å². The van der Waals surface area contributed by atoms with Gasteiger partial charge in [0, 0.05) is 57.1 Å². The zero-order valence-electron chi connectivity index (χ0n) is 17.9. The molecule has 166 valence electrons. The normalized spacial score (nSPS) is 17.8. The third-order valence-electron chi connectivity index (χ3n) is 5.96. The smallest absolute Gasteiger partial charge is 0.271 e. The van der Waals surface area contributed by atoms with Gasteiger partial charge in [-0.05, 0) is 31.2 Å². The second-order valence-corrected chi connectivity index (χ2v) is 9.17. The van der Waals surface area contributed by atoms with Crippen molar-refractivity contribution in [2.24, 2.45) is 0 Å². The van der Waals surface area contributed by atoms with Crippen molar-refractivity contribution >= 4 is 28.3 Å². The number of thiazole rings is 1. The van der Waals surface area contributed by atoms with Crippen LogP contribution in [0.4, 0.5) is 5.13 Å². The lowest BCUT2D eigenvalue weighted by Gasteiger charge is -2.32. The van der Waals surface area contributed by atoms with E-state index in [1.54, 1.807) is 0 Å². The predicted molar refractivity (Wildman–Crippen MR) is 123 cm³/mol. The minimum absolute atomic E-state index is 0.0894. The summed E-state index contributed by atoms with van der Waals surface area (Å²) in [5, 5.41) is 8.99. The number of carbonyl (C=O) groups excluding carboxylic acids is 2. The van der Waals surface area contributed by atoms with Crippen molar-refractivity contribution in [3.8, 4) is 0 Å². The number of amides is 2. The number of likely N-dealkylation sites (tertiary alicyclic amines) is 2. The summed E-state index contributed by atoms with van der Waals surface area (Å²) in [6, 6.07) is 10.7. The van der Waals surface area contributed by atoms with Gasteiger partial charge < -0.3 is 15.5 Å². The van der Waals surface area contributed by atoms with Gasteiger partial charge in [0.15, 0.2) is 5.13 Å². The van der Waals surface area contributed by atoms with E-state index in [9.17, 15) is 9.59 Å². The Labute approximate surface area is 187 Å². The van der Waals surface area contributed by atoms with Gasteiger partial charge in [0.25, 0.3) is 5.91 Å². The van der Waals surface area contributed by atoms with E-state index in [4.69, 9.17) is 0 Å². The molecule has 3 heterocycles. The molecule has 0 radical (unpaired) electrons. The van der Waals surface area contributed by atoms with Crippen LogP contribution in [0.1, 0.15) is 48.2 Å². The molecular weight excluding hydrogens is 410 g/mol. The highest BCUT2D eigenvalue weighted by atomic mass is 32.1. The third kappa shape index (κ3) is 6.27. The number of piperidine rings is 1. The molecule has 2 amide bonds. The molecule has 1 aromatic carbocycles. The summed E-state index contributed by atoms with van der Waals surface area (Å²) < 4.78 is 0. The van der Waals surface area contributed by atoms with Crippen LogP contribution in [0.25, 0.3) is 0 Å². The van der Waals surface area contributed by atoms with Crippen LogP contribution in [0, 0.1) is 0 Å². The molecule has 8 heteroatoms. The average Bonchev–Trinajstić information content (AvgIpc) is 3.42. The molecule has 2 N–H and O–H groups in total. The van der Waals surface area contributed by atoms with E-state index in [2.05, 4.69) is 44.8 Å². The van der Waals surface area contributed by atoms with Crippen LogP contribution in [0.5, 0.6) is 0 Å². The van der Waals surface area contributed by atoms with E-state index in [0.29, 0.717) is 12.1 Å². The van der Waals surface area contributed by atoms with E-state index >= 15 is 0 Å². The second-order valence-electron chi connectivity index (χ2n) is 8.31. The fourth-order valence-corrected chi connectivity index (χ4v) is 4.92. The lowest BCUT2D eigenvalue weighted by atomic mass is 10.0. The van der Waals surface area contributed by atoms with Crippen LogP contribution in [-0.2, 0) is 11.3 Å². The Kier molecular flexibility index (Phi) is 7.53. The lowest BCUT2D eigenvalue weighted by Crippen LogP contribution is -2.44. The molecule has 0 saturated carbocycles. The Morgan fingerprint density at radius 3 is 2.71 bits per heavy atom. The van der Waals surface area contributed by atoms with Crippen LogP contribution in [0.15, 0.2) is 35.7 Å². The molecule has 2 fully saturated rings. The van der Waals surface area contributed by atoms with Gasteiger partial charge in [0.05, 0.1) is 0 Å². The third-order valence-corrected chi connectivity index (χ3v) is 6.76. The Morgan fingerprint density at radius 2 is 1.97 bits per heavy atom. The van der Waals surface area contributed by atoms with Crippen molar-refractivity contribution in [1.82, 2.24) is 20.1 Å². The molecule has 7 nitrogen and oxygen atoms in total. The van der Waals surface area contributed by atoms with Gasteiger partial charge in [0.1, 0.15) is 5.69 Å². The summed E-state index contributed by atoms with van der Waals surface area (Å²) in [6.45, 7) is 5.36. The molecule has 4 rings (SSSR count). The first kappa shape index (κ1) is 21.8. The summed E-state index contributed by atoms with van der Waals surface area (Å²) in [7, 11) is 0. The van der Waals surface area contributed by atoms with Crippen molar-refractivity contribution in [3.63, 3.8) is 0 Å². The number of nitrogens with one attached hydrogen (secondary N) is 2. The summed E-state index contributed by atoms with van der Waals surface area (Å²) in [5.41, 5.74) is 1.81. The fourth-order valence-electron chi connectivity index (χ4n) is 4.20. The molecule has 31 heavy (non-hydrogen) atoms. The number of anilines is 1. The molecule has 0 aliphatic carbocycles. The number of hydrogen-bond acceptors (Lipinski definition) is 6. The topological polar surface area (TPSA) is 77.6 Å². The van der Waals surface area contributed by atoms with Crippen molar-refractivity contribution in [2.75, 3.05) is 38.0 Å². The first-order valence-electron chi connectivity index (χ1n) is 11.2. The highest BCUT2D eigenvalue weighted by molar-refractivity contribution is 7.13. The van der Waals surface area contributed by atoms with E-state index < -0.39 is 0 Å². The molecule has 0 unspecified atom stereocenters. The van der Waals surface area contributed by atoms with E-state index in [-0.39, 0.29) is 17.9 Å². The molecular formula is C23H31N5O2S. The first-order valence-corrected chi connectivity index (χ1v) is 12.1. The minimum Gasteiger partial charge on any atom is -0.361 e. The summed E-state index contributed by atoms with van der Waals surface area (Å²) >= 11 is 1.45. The Morgan fingerprint density at radius 1 is 1.16 bits per heavy atom. The van der Waals surface area contributed by atoms with Gasteiger partial charge in [-0.25, -0.2) is 4.98 Å². The van der Waals surface area contributed by atoms with E-state index in [1.807, 2.05) is 16.3 Å². The molecule has 1 aromatic heterocycles. The maximum atomic E-state index is 12.6. The summed E-state index contributed by atoms with van der Waals surface area (Å²) in [6.07, 6.45) is 4.47. The average molecular weight is 442 g/mol. The van der Waals surface area contributed by atoms with E-state index in [1.165, 1.54) is 16.9 Å². The molecule has 2 aromatic rings. The minimum atomic E-state index is -0.0894. The predicted octanol–water partition coefficient (Wildman–Crippen LogP) is 2.96. The van der Waals surface area contributed by atoms with Gasteiger partial charge in [-0.2, -0.15) is 0 Å². The SMILES string of the molecule is O=C(NC1CCN(Cc2ccccc2)CC1)c1csc(NCCCN2CCCC2=O)n1. The van der Waals surface area contributed by atoms with Crippen molar-refractivity contribution in [1.29, 1.82) is 0 Å². The maximum absolute atomic E-state index is 12.6. The number of benzene rings is 1. The van der Waals surface area contributed by atoms with Gasteiger partial charge in [-0.15, -0.1) is 11.3 Å². The van der Waals surface area contributed by atoms with Gasteiger partial charge >= 0.3 is 0 Å². The highest BCUT2D eigenvalue weighted by Crippen LogP contribution is 2.18. The Bertz CT molecular complexity index is 864. The number of nitrogens with zero attached hydrogens (tertiary/aromatic N) is 3.